The van der Waals surface area contributed by atoms with E-state index in [0.29, 0.717) is 12.0 Å². The number of rotatable bonds is 5. The molecule has 1 aromatic rings. The number of methoxy groups -OCH3 is 1. The maximum absolute atomic E-state index is 5.58. The Morgan fingerprint density at radius 2 is 2.37 bits per heavy atom. The van der Waals surface area contributed by atoms with E-state index in [9.17, 15) is 0 Å². The summed E-state index contributed by atoms with van der Waals surface area (Å²) >= 11 is 0. The number of hydrogen-bond acceptors (Lipinski definition) is 4. The third-order valence-corrected chi connectivity index (χ3v) is 3.86. The van der Waals surface area contributed by atoms with Gasteiger partial charge in [-0.1, -0.05) is 13.8 Å². The van der Waals surface area contributed by atoms with Crippen molar-refractivity contribution in [1.29, 1.82) is 0 Å². The lowest BCUT2D eigenvalue weighted by Crippen LogP contribution is -2.43. The standard InChI is InChI=1S/C15H25N3O/c1-4-7-16-15-10-13(5-8-17-15)18-9-6-12(2)14(11-18)19-3/h5,8,10,12,14H,4,6-7,9,11H2,1-3H3,(H,16,17). The zero-order valence-corrected chi connectivity index (χ0v) is 12.2. The topological polar surface area (TPSA) is 37.4 Å². The molecule has 0 aliphatic carbocycles. The minimum absolute atomic E-state index is 0.328. The van der Waals surface area contributed by atoms with Gasteiger partial charge in [-0.15, -0.1) is 0 Å². The van der Waals surface area contributed by atoms with Crippen LogP contribution in [0.4, 0.5) is 11.5 Å². The minimum Gasteiger partial charge on any atom is -0.379 e. The van der Waals surface area contributed by atoms with Gasteiger partial charge in [-0.3, -0.25) is 0 Å². The molecule has 0 radical (unpaired) electrons. The number of piperidine rings is 1. The SMILES string of the molecule is CCCNc1cc(N2CCC(C)C(OC)C2)ccn1. The molecule has 1 aromatic heterocycles. The van der Waals surface area contributed by atoms with Crippen molar-refractivity contribution >= 4 is 11.5 Å². The van der Waals surface area contributed by atoms with Crippen LogP contribution in [0, 0.1) is 5.92 Å². The summed E-state index contributed by atoms with van der Waals surface area (Å²) < 4.78 is 5.58. The fourth-order valence-electron chi connectivity index (χ4n) is 2.54. The van der Waals surface area contributed by atoms with Crippen LogP contribution in [0.3, 0.4) is 0 Å². The number of ether oxygens (including phenoxy) is 1. The van der Waals surface area contributed by atoms with E-state index in [1.54, 1.807) is 0 Å². The summed E-state index contributed by atoms with van der Waals surface area (Å²) in [7, 11) is 1.81. The van der Waals surface area contributed by atoms with Gasteiger partial charge in [0.1, 0.15) is 5.82 Å². The number of pyridine rings is 1. The smallest absolute Gasteiger partial charge is 0.127 e. The fraction of sp³-hybridized carbons (Fsp3) is 0.667. The number of nitrogens with zero attached hydrogens (tertiary/aromatic N) is 2. The van der Waals surface area contributed by atoms with Gasteiger partial charge in [0.25, 0.3) is 0 Å². The molecule has 1 N–H and O–H groups in total. The second kappa shape index (κ2) is 6.75. The largest absolute Gasteiger partial charge is 0.379 e. The van der Waals surface area contributed by atoms with Crippen molar-refractivity contribution in [3.05, 3.63) is 18.3 Å². The summed E-state index contributed by atoms with van der Waals surface area (Å²) in [6.07, 6.45) is 4.50. The van der Waals surface area contributed by atoms with E-state index in [4.69, 9.17) is 4.74 Å². The van der Waals surface area contributed by atoms with Crippen LogP contribution in [0.2, 0.25) is 0 Å². The Balaban J connectivity index is 2.04. The first kappa shape index (κ1) is 14.1. The average molecular weight is 263 g/mol. The lowest BCUT2D eigenvalue weighted by atomic mass is 9.95. The van der Waals surface area contributed by atoms with Crippen LogP contribution in [0.25, 0.3) is 0 Å². The molecule has 1 aliphatic rings. The molecule has 1 fully saturated rings. The van der Waals surface area contributed by atoms with Crippen LogP contribution in [0.5, 0.6) is 0 Å². The highest BCUT2D eigenvalue weighted by atomic mass is 16.5. The molecular weight excluding hydrogens is 238 g/mol. The number of nitrogens with one attached hydrogen (secondary N) is 1. The highest BCUT2D eigenvalue weighted by Crippen LogP contribution is 2.25. The molecule has 0 aromatic carbocycles. The molecule has 1 saturated heterocycles. The van der Waals surface area contributed by atoms with Gasteiger partial charge >= 0.3 is 0 Å². The molecule has 2 rings (SSSR count). The van der Waals surface area contributed by atoms with Crippen LogP contribution in [0.1, 0.15) is 26.7 Å². The molecule has 0 spiro atoms. The van der Waals surface area contributed by atoms with Crippen LogP contribution in [-0.2, 0) is 4.74 Å². The number of aromatic nitrogens is 1. The number of anilines is 2. The number of hydrogen-bond donors (Lipinski definition) is 1. The molecule has 106 valence electrons. The highest BCUT2D eigenvalue weighted by molar-refractivity contribution is 5.54. The van der Waals surface area contributed by atoms with Crippen molar-refractivity contribution in [1.82, 2.24) is 4.98 Å². The summed E-state index contributed by atoms with van der Waals surface area (Å²) in [4.78, 5) is 6.75. The van der Waals surface area contributed by atoms with Crippen molar-refractivity contribution in [2.45, 2.75) is 32.8 Å². The van der Waals surface area contributed by atoms with E-state index in [2.05, 4.69) is 41.2 Å². The average Bonchev–Trinajstić information content (AvgIpc) is 2.46. The first-order chi connectivity index (χ1) is 9.24. The normalized spacial score (nSPS) is 23.4. The molecule has 2 unspecified atom stereocenters. The Kier molecular flexibility index (Phi) is 5.02. The Morgan fingerprint density at radius 1 is 1.53 bits per heavy atom. The van der Waals surface area contributed by atoms with Gasteiger partial charge in [-0.25, -0.2) is 4.98 Å². The maximum Gasteiger partial charge on any atom is 0.127 e. The highest BCUT2D eigenvalue weighted by Gasteiger charge is 2.26. The van der Waals surface area contributed by atoms with Crippen LogP contribution in [0.15, 0.2) is 18.3 Å². The summed E-state index contributed by atoms with van der Waals surface area (Å²) in [5, 5.41) is 3.34. The molecule has 4 heteroatoms. The Labute approximate surface area is 116 Å². The van der Waals surface area contributed by atoms with Gasteiger partial charge in [0, 0.05) is 44.7 Å². The summed E-state index contributed by atoms with van der Waals surface area (Å²) in [6.45, 7) is 7.46. The molecule has 0 bridgehead atoms. The van der Waals surface area contributed by atoms with E-state index in [1.807, 2.05) is 13.3 Å². The van der Waals surface area contributed by atoms with E-state index in [-0.39, 0.29) is 0 Å². The summed E-state index contributed by atoms with van der Waals surface area (Å²) in [5.74, 6) is 1.60. The summed E-state index contributed by atoms with van der Waals surface area (Å²) in [6, 6.07) is 4.22. The molecule has 0 saturated carbocycles. The van der Waals surface area contributed by atoms with Crippen molar-refractivity contribution < 1.29 is 4.74 Å². The first-order valence-corrected chi connectivity index (χ1v) is 7.22. The van der Waals surface area contributed by atoms with E-state index < -0.39 is 0 Å². The quantitative estimate of drug-likeness (QED) is 0.886. The third-order valence-electron chi connectivity index (χ3n) is 3.86. The van der Waals surface area contributed by atoms with Gasteiger partial charge in [0.15, 0.2) is 0 Å². The van der Waals surface area contributed by atoms with Gasteiger partial charge in [0.2, 0.25) is 0 Å². The van der Waals surface area contributed by atoms with Gasteiger partial charge < -0.3 is 15.0 Å². The summed E-state index contributed by atoms with van der Waals surface area (Å²) in [5.41, 5.74) is 1.24. The first-order valence-electron chi connectivity index (χ1n) is 7.22. The minimum atomic E-state index is 0.328. The maximum atomic E-state index is 5.58. The van der Waals surface area contributed by atoms with Crippen molar-refractivity contribution in [3.63, 3.8) is 0 Å². The van der Waals surface area contributed by atoms with Gasteiger partial charge in [-0.05, 0) is 24.8 Å². The van der Waals surface area contributed by atoms with E-state index in [0.717, 1.165) is 31.9 Å². The lowest BCUT2D eigenvalue weighted by molar-refractivity contribution is 0.0498. The van der Waals surface area contributed by atoms with Crippen LogP contribution < -0.4 is 10.2 Å². The van der Waals surface area contributed by atoms with Crippen molar-refractivity contribution in [2.75, 3.05) is 37.0 Å². The van der Waals surface area contributed by atoms with Crippen molar-refractivity contribution in [2.24, 2.45) is 5.92 Å². The second-order valence-corrected chi connectivity index (χ2v) is 5.31. The van der Waals surface area contributed by atoms with E-state index >= 15 is 0 Å². The Hall–Kier alpha value is -1.29. The van der Waals surface area contributed by atoms with Crippen LogP contribution in [-0.4, -0.2) is 37.8 Å². The third kappa shape index (κ3) is 3.60. The predicted octanol–water partition coefficient (Wildman–Crippen LogP) is 2.76. The molecule has 1 aliphatic heterocycles. The molecule has 4 nitrogen and oxygen atoms in total. The Bertz CT molecular complexity index is 397. The van der Waals surface area contributed by atoms with Gasteiger partial charge in [0.05, 0.1) is 6.10 Å². The zero-order chi connectivity index (χ0) is 13.7. The zero-order valence-electron chi connectivity index (χ0n) is 12.2. The molecular formula is C15H25N3O. The monoisotopic (exact) mass is 263 g/mol. The lowest BCUT2D eigenvalue weighted by Gasteiger charge is -2.37. The van der Waals surface area contributed by atoms with Gasteiger partial charge in [-0.2, -0.15) is 0 Å². The molecule has 0 amide bonds. The van der Waals surface area contributed by atoms with Crippen molar-refractivity contribution in [3.8, 4) is 0 Å². The predicted molar refractivity (Wildman–Crippen MR) is 79.8 cm³/mol. The van der Waals surface area contributed by atoms with E-state index in [1.165, 1.54) is 12.1 Å². The molecule has 2 heterocycles. The molecule has 19 heavy (non-hydrogen) atoms. The Morgan fingerprint density at radius 3 is 3.11 bits per heavy atom. The fourth-order valence-corrected chi connectivity index (χ4v) is 2.54. The molecule has 2 atom stereocenters. The second-order valence-electron chi connectivity index (χ2n) is 5.31. The van der Waals surface area contributed by atoms with Crippen LogP contribution >= 0.6 is 0 Å².